The number of aromatic nitrogens is 4. The normalized spacial score (nSPS) is 10.6. The molecule has 0 atom stereocenters. The molecule has 21 heavy (non-hydrogen) atoms. The van der Waals surface area contributed by atoms with Crippen LogP contribution in [-0.4, -0.2) is 41.1 Å². The van der Waals surface area contributed by atoms with Crippen LogP contribution in [-0.2, 0) is 6.54 Å². The molecule has 2 aromatic rings. The first-order valence-electron chi connectivity index (χ1n) is 6.89. The lowest BCUT2D eigenvalue weighted by molar-refractivity contribution is 0.847. The summed E-state index contributed by atoms with van der Waals surface area (Å²) in [5.74, 6) is 2.46. The molecule has 112 valence electrons. The third-order valence-electron chi connectivity index (χ3n) is 3.35. The van der Waals surface area contributed by atoms with Crippen molar-refractivity contribution in [3.05, 3.63) is 35.0 Å². The second-order valence-electron chi connectivity index (χ2n) is 5.45. The lowest BCUT2D eigenvalue weighted by Gasteiger charge is -2.21. The van der Waals surface area contributed by atoms with Gasteiger partial charge in [0.1, 0.15) is 11.6 Å². The quantitative estimate of drug-likeness (QED) is 0.855. The summed E-state index contributed by atoms with van der Waals surface area (Å²) in [5.41, 5.74) is 3.17. The number of aryl methyl sites for hydroxylation is 2. The van der Waals surface area contributed by atoms with Gasteiger partial charge in [0.2, 0.25) is 5.95 Å². The van der Waals surface area contributed by atoms with Gasteiger partial charge in [0.15, 0.2) is 0 Å². The van der Waals surface area contributed by atoms with Gasteiger partial charge in [-0.05, 0) is 20.8 Å². The van der Waals surface area contributed by atoms with E-state index < -0.39 is 0 Å². The molecule has 2 heterocycles. The highest BCUT2D eigenvalue weighted by atomic mass is 15.2. The van der Waals surface area contributed by atoms with E-state index >= 15 is 0 Å². The van der Waals surface area contributed by atoms with Gasteiger partial charge in [-0.3, -0.25) is 0 Å². The van der Waals surface area contributed by atoms with Gasteiger partial charge in [-0.15, -0.1) is 0 Å². The molecule has 2 aromatic heterocycles. The molecule has 6 heteroatoms. The van der Waals surface area contributed by atoms with Crippen molar-refractivity contribution in [3.8, 4) is 0 Å². The SMILES string of the molecule is Cc1nc(C)c(C)c(N(C)Cc2cnc(N(C)C)nc2)n1. The van der Waals surface area contributed by atoms with E-state index in [1.165, 1.54) is 0 Å². The summed E-state index contributed by atoms with van der Waals surface area (Å²) in [6.07, 6.45) is 3.71. The van der Waals surface area contributed by atoms with Crippen LogP contribution < -0.4 is 9.80 Å². The van der Waals surface area contributed by atoms with Crippen LogP contribution in [0.4, 0.5) is 11.8 Å². The van der Waals surface area contributed by atoms with Gasteiger partial charge < -0.3 is 9.80 Å². The van der Waals surface area contributed by atoms with Gasteiger partial charge in [0, 0.05) is 56.9 Å². The van der Waals surface area contributed by atoms with E-state index in [2.05, 4.69) is 24.8 Å². The number of hydrogen-bond donors (Lipinski definition) is 0. The van der Waals surface area contributed by atoms with Gasteiger partial charge in [0.05, 0.1) is 0 Å². The monoisotopic (exact) mass is 286 g/mol. The fourth-order valence-corrected chi connectivity index (χ4v) is 2.13. The Balaban J connectivity index is 2.20. The molecule has 0 saturated heterocycles. The number of hydrogen-bond acceptors (Lipinski definition) is 6. The molecule has 0 aliphatic rings. The molecule has 0 bridgehead atoms. The van der Waals surface area contributed by atoms with Crippen LogP contribution in [0.5, 0.6) is 0 Å². The third-order valence-corrected chi connectivity index (χ3v) is 3.35. The fraction of sp³-hybridized carbons (Fsp3) is 0.467. The average Bonchev–Trinajstić information content (AvgIpc) is 2.43. The molecule has 6 nitrogen and oxygen atoms in total. The van der Waals surface area contributed by atoms with Gasteiger partial charge in [-0.2, -0.15) is 0 Å². The zero-order valence-corrected chi connectivity index (χ0v) is 13.5. The Hall–Kier alpha value is -2.24. The van der Waals surface area contributed by atoms with Crippen LogP contribution in [0, 0.1) is 20.8 Å². The minimum Gasteiger partial charge on any atom is -0.355 e. The van der Waals surface area contributed by atoms with Crippen molar-refractivity contribution in [1.82, 2.24) is 19.9 Å². The van der Waals surface area contributed by atoms with Crippen LogP contribution in [0.15, 0.2) is 12.4 Å². The summed E-state index contributed by atoms with van der Waals surface area (Å²) < 4.78 is 0. The van der Waals surface area contributed by atoms with Crippen LogP contribution >= 0.6 is 0 Å². The predicted octanol–water partition coefficient (Wildman–Crippen LogP) is 1.89. The highest BCUT2D eigenvalue weighted by Gasteiger charge is 2.11. The van der Waals surface area contributed by atoms with Crippen molar-refractivity contribution in [2.24, 2.45) is 0 Å². The van der Waals surface area contributed by atoms with E-state index in [9.17, 15) is 0 Å². The van der Waals surface area contributed by atoms with E-state index in [-0.39, 0.29) is 0 Å². The molecule has 0 N–H and O–H groups in total. The highest BCUT2D eigenvalue weighted by molar-refractivity contribution is 5.48. The molecule has 2 rings (SSSR count). The molecular weight excluding hydrogens is 264 g/mol. The smallest absolute Gasteiger partial charge is 0.224 e. The van der Waals surface area contributed by atoms with Crippen molar-refractivity contribution in [2.75, 3.05) is 30.9 Å². The highest BCUT2D eigenvalue weighted by Crippen LogP contribution is 2.20. The maximum Gasteiger partial charge on any atom is 0.224 e. The van der Waals surface area contributed by atoms with Crippen molar-refractivity contribution >= 4 is 11.8 Å². The maximum atomic E-state index is 4.54. The maximum absolute atomic E-state index is 4.54. The molecule has 0 aliphatic carbocycles. The van der Waals surface area contributed by atoms with Crippen molar-refractivity contribution in [2.45, 2.75) is 27.3 Å². The first-order valence-corrected chi connectivity index (χ1v) is 6.89. The molecule has 0 amide bonds. The number of nitrogens with zero attached hydrogens (tertiary/aromatic N) is 6. The fourth-order valence-electron chi connectivity index (χ4n) is 2.13. The first kappa shape index (κ1) is 15.2. The molecule has 0 spiro atoms. The minimum atomic E-state index is 0.713. The Morgan fingerprint density at radius 1 is 0.952 bits per heavy atom. The Kier molecular flexibility index (Phi) is 4.35. The Morgan fingerprint density at radius 3 is 2.14 bits per heavy atom. The molecule has 0 aliphatic heterocycles. The summed E-state index contributed by atoms with van der Waals surface area (Å²) in [4.78, 5) is 21.6. The average molecular weight is 286 g/mol. The Labute approximate surface area is 125 Å². The zero-order valence-electron chi connectivity index (χ0n) is 13.5. The summed E-state index contributed by atoms with van der Waals surface area (Å²) in [6.45, 7) is 6.69. The van der Waals surface area contributed by atoms with Crippen molar-refractivity contribution in [1.29, 1.82) is 0 Å². The van der Waals surface area contributed by atoms with E-state index in [1.807, 2.05) is 59.2 Å². The van der Waals surface area contributed by atoms with Crippen LogP contribution in [0.1, 0.15) is 22.6 Å². The van der Waals surface area contributed by atoms with Gasteiger partial charge >= 0.3 is 0 Å². The van der Waals surface area contributed by atoms with Gasteiger partial charge in [-0.25, -0.2) is 19.9 Å². The van der Waals surface area contributed by atoms with Gasteiger partial charge in [0.25, 0.3) is 0 Å². The zero-order chi connectivity index (χ0) is 15.6. The molecular formula is C15H22N6. The van der Waals surface area contributed by atoms with E-state index in [1.54, 1.807) is 0 Å². The van der Waals surface area contributed by atoms with Crippen molar-refractivity contribution < 1.29 is 0 Å². The summed E-state index contributed by atoms with van der Waals surface area (Å²) in [6, 6.07) is 0. The number of rotatable bonds is 4. The first-order chi connectivity index (χ1) is 9.88. The second kappa shape index (κ2) is 6.03. The lowest BCUT2D eigenvalue weighted by atomic mass is 10.2. The molecule has 0 fully saturated rings. The summed E-state index contributed by atoms with van der Waals surface area (Å²) >= 11 is 0. The largest absolute Gasteiger partial charge is 0.355 e. The lowest BCUT2D eigenvalue weighted by Crippen LogP contribution is -2.21. The Bertz CT molecular complexity index is 621. The third kappa shape index (κ3) is 3.45. The molecule has 0 radical (unpaired) electrons. The summed E-state index contributed by atoms with van der Waals surface area (Å²) in [7, 11) is 5.88. The van der Waals surface area contributed by atoms with Crippen molar-refractivity contribution in [3.63, 3.8) is 0 Å². The topological polar surface area (TPSA) is 58.0 Å². The van der Waals surface area contributed by atoms with Crippen LogP contribution in [0.25, 0.3) is 0 Å². The summed E-state index contributed by atoms with van der Waals surface area (Å²) in [5, 5.41) is 0. The standard InChI is InChI=1S/C15H22N6/c1-10-11(2)18-12(3)19-14(10)21(6)9-13-7-16-15(17-8-13)20(4)5/h7-8H,9H2,1-6H3. The Morgan fingerprint density at radius 2 is 1.57 bits per heavy atom. The second-order valence-corrected chi connectivity index (χ2v) is 5.45. The molecule has 0 aromatic carbocycles. The molecule has 0 unspecified atom stereocenters. The van der Waals surface area contributed by atoms with Crippen LogP contribution in [0.2, 0.25) is 0 Å². The predicted molar refractivity (Wildman–Crippen MR) is 84.7 cm³/mol. The van der Waals surface area contributed by atoms with E-state index in [4.69, 9.17) is 0 Å². The van der Waals surface area contributed by atoms with E-state index in [0.29, 0.717) is 12.5 Å². The number of anilines is 2. The van der Waals surface area contributed by atoms with E-state index in [0.717, 1.165) is 28.5 Å². The van der Waals surface area contributed by atoms with Crippen LogP contribution in [0.3, 0.4) is 0 Å². The minimum absolute atomic E-state index is 0.713. The van der Waals surface area contributed by atoms with Gasteiger partial charge in [-0.1, -0.05) is 0 Å². The molecule has 0 saturated carbocycles.